The zero-order valence-electron chi connectivity index (χ0n) is 13.6. The lowest BCUT2D eigenvalue weighted by molar-refractivity contribution is -0.135. The first kappa shape index (κ1) is 17.2. The summed E-state index contributed by atoms with van der Waals surface area (Å²) in [6.45, 7) is 3.31. The van der Waals surface area contributed by atoms with E-state index in [9.17, 15) is 9.59 Å². The molecule has 1 aromatic heterocycles. The monoisotopic (exact) mass is 354 g/mol. The van der Waals surface area contributed by atoms with Gasteiger partial charge in [0.1, 0.15) is 6.54 Å². The van der Waals surface area contributed by atoms with Crippen LogP contribution >= 0.6 is 12.4 Å². The SMILES string of the molecule is Cl.O=C(c1cn(C2CCNCC2)nn1)N1CCN(C2CC2)C(=O)C1. The van der Waals surface area contributed by atoms with Crippen LogP contribution in [0, 0.1) is 0 Å². The third-order valence-electron chi connectivity index (χ3n) is 4.94. The summed E-state index contributed by atoms with van der Waals surface area (Å²) >= 11 is 0. The molecule has 0 bridgehead atoms. The molecule has 0 spiro atoms. The highest BCUT2D eigenvalue weighted by Gasteiger charge is 2.37. The number of piperazine rings is 1. The fourth-order valence-electron chi connectivity index (χ4n) is 3.42. The second kappa shape index (κ2) is 7.06. The molecule has 2 amide bonds. The third-order valence-corrected chi connectivity index (χ3v) is 4.94. The predicted molar refractivity (Wildman–Crippen MR) is 89.0 cm³/mol. The number of hydrogen-bond acceptors (Lipinski definition) is 5. The molecule has 3 heterocycles. The summed E-state index contributed by atoms with van der Waals surface area (Å²) in [5.41, 5.74) is 0.344. The van der Waals surface area contributed by atoms with Gasteiger partial charge >= 0.3 is 0 Å². The minimum Gasteiger partial charge on any atom is -0.336 e. The molecule has 3 fully saturated rings. The Balaban J connectivity index is 0.00000169. The number of piperidine rings is 1. The van der Waals surface area contributed by atoms with Crippen LogP contribution < -0.4 is 5.32 Å². The molecule has 8 nitrogen and oxygen atoms in total. The second-order valence-corrected chi connectivity index (χ2v) is 6.61. The van der Waals surface area contributed by atoms with Crippen molar-refractivity contribution in [2.24, 2.45) is 0 Å². The molecule has 0 radical (unpaired) electrons. The molecule has 1 N–H and O–H groups in total. The zero-order valence-corrected chi connectivity index (χ0v) is 14.4. The molecule has 1 aliphatic carbocycles. The highest BCUT2D eigenvalue weighted by molar-refractivity contribution is 5.95. The Bertz CT molecular complexity index is 611. The summed E-state index contributed by atoms with van der Waals surface area (Å²) < 4.78 is 1.80. The Morgan fingerprint density at radius 2 is 1.88 bits per heavy atom. The molecular weight excluding hydrogens is 332 g/mol. The van der Waals surface area contributed by atoms with E-state index in [4.69, 9.17) is 0 Å². The van der Waals surface area contributed by atoms with Crippen molar-refractivity contribution < 1.29 is 9.59 Å². The van der Waals surface area contributed by atoms with Crippen molar-refractivity contribution in [3.05, 3.63) is 11.9 Å². The first-order valence-electron chi connectivity index (χ1n) is 8.43. The average Bonchev–Trinajstić information content (AvgIpc) is 3.30. The standard InChI is InChI=1S/C15H22N6O2.ClH/c22-14-10-19(7-8-20(14)11-1-2-11)15(23)13-9-21(18-17-13)12-3-5-16-6-4-12;/h9,11-12,16H,1-8,10H2;1H. The highest BCUT2D eigenvalue weighted by Crippen LogP contribution is 2.28. The third kappa shape index (κ3) is 3.39. The van der Waals surface area contributed by atoms with Gasteiger partial charge in [-0.15, -0.1) is 17.5 Å². The van der Waals surface area contributed by atoms with Gasteiger partial charge in [-0.3, -0.25) is 9.59 Å². The van der Waals surface area contributed by atoms with Gasteiger partial charge in [0.05, 0.1) is 12.2 Å². The van der Waals surface area contributed by atoms with Gasteiger partial charge in [0, 0.05) is 19.1 Å². The van der Waals surface area contributed by atoms with Crippen LogP contribution in [0.3, 0.4) is 0 Å². The minimum absolute atomic E-state index is 0. The summed E-state index contributed by atoms with van der Waals surface area (Å²) in [6, 6.07) is 0.721. The van der Waals surface area contributed by atoms with Gasteiger partial charge in [-0.1, -0.05) is 5.21 Å². The van der Waals surface area contributed by atoms with E-state index < -0.39 is 0 Å². The van der Waals surface area contributed by atoms with Gasteiger partial charge in [-0.05, 0) is 38.8 Å². The molecule has 1 saturated carbocycles. The van der Waals surface area contributed by atoms with Crippen molar-refractivity contribution in [2.75, 3.05) is 32.7 Å². The normalized spacial score (nSPS) is 22.4. The smallest absolute Gasteiger partial charge is 0.276 e. The van der Waals surface area contributed by atoms with E-state index in [2.05, 4.69) is 15.6 Å². The van der Waals surface area contributed by atoms with E-state index in [0.29, 0.717) is 30.9 Å². The molecule has 24 heavy (non-hydrogen) atoms. The Kier molecular flexibility index (Phi) is 5.05. The molecule has 4 rings (SSSR count). The Hall–Kier alpha value is -1.67. The molecule has 2 saturated heterocycles. The van der Waals surface area contributed by atoms with Crippen LogP contribution in [0.25, 0.3) is 0 Å². The maximum Gasteiger partial charge on any atom is 0.276 e. The number of rotatable bonds is 3. The van der Waals surface area contributed by atoms with E-state index in [-0.39, 0.29) is 30.8 Å². The maximum atomic E-state index is 12.6. The second-order valence-electron chi connectivity index (χ2n) is 6.61. The van der Waals surface area contributed by atoms with Crippen LogP contribution in [0.15, 0.2) is 6.20 Å². The number of nitrogens with zero attached hydrogens (tertiary/aromatic N) is 5. The van der Waals surface area contributed by atoms with Crippen LogP contribution in [0.5, 0.6) is 0 Å². The zero-order chi connectivity index (χ0) is 15.8. The van der Waals surface area contributed by atoms with Gasteiger partial charge in [-0.25, -0.2) is 4.68 Å². The van der Waals surface area contributed by atoms with Crippen LogP contribution in [0.2, 0.25) is 0 Å². The van der Waals surface area contributed by atoms with Crippen molar-refractivity contribution in [2.45, 2.75) is 37.8 Å². The van der Waals surface area contributed by atoms with Crippen LogP contribution in [0.4, 0.5) is 0 Å². The molecule has 132 valence electrons. The van der Waals surface area contributed by atoms with Gasteiger partial charge in [-0.2, -0.15) is 0 Å². The number of aromatic nitrogens is 3. The fraction of sp³-hybridized carbons (Fsp3) is 0.733. The molecule has 3 aliphatic rings. The van der Waals surface area contributed by atoms with Gasteiger partial charge in [0.2, 0.25) is 5.91 Å². The fourth-order valence-corrected chi connectivity index (χ4v) is 3.42. The van der Waals surface area contributed by atoms with E-state index in [0.717, 1.165) is 38.8 Å². The van der Waals surface area contributed by atoms with E-state index in [1.54, 1.807) is 15.8 Å². The molecule has 2 aliphatic heterocycles. The summed E-state index contributed by atoms with van der Waals surface area (Å²) in [6.07, 6.45) is 5.93. The lowest BCUT2D eigenvalue weighted by atomic mass is 10.1. The molecular formula is C15H23ClN6O2. The number of amides is 2. The van der Waals surface area contributed by atoms with Gasteiger partial charge in [0.25, 0.3) is 5.91 Å². The van der Waals surface area contributed by atoms with Crippen molar-refractivity contribution in [1.82, 2.24) is 30.1 Å². The van der Waals surface area contributed by atoms with E-state index in [1.165, 1.54) is 0 Å². The first-order valence-corrected chi connectivity index (χ1v) is 8.43. The summed E-state index contributed by atoms with van der Waals surface area (Å²) in [5.74, 6) is -0.133. The number of hydrogen-bond donors (Lipinski definition) is 1. The average molecular weight is 355 g/mol. The van der Waals surface area contributed by atoms with E-state index >= 15 is 0 Å². The van der Waals surface area contributed by atoms with Crippen LogP contribution in [0.1, 0.15) is 42.2 Å². The summed E-state index contributed by atoms with van der Waals surface area (Å²) in [5, 5.41) is 11.5. The lowest BCUT2D eigenvalue weighted by Gasteiger charge is -2.34. The van der Waals surface area contributed by atoms with Crippen LogP contribution in [-0.2, 0) is 4.79 Å². The number of halogens is 1. The Morgan fingerprint density at radius 3 is 2.54 bits per heavy atom. The van der Waals surface area contributed by atoms with Gasteiger partial charge in [0.15, 0.2) is 5.69 Å². The Morgan fingerprint density at radius 1 is 1.12 bits per heavy atom. The minimum atomic E-state index is -0.186. The van der Waals surface area contributed by atoms with Crippen molar-refractivity contribution in [3.63, 3.8) is 0 Å². The summed E-state index contributed by atoms with van der Waals surface area (Å²) in [4.78, 5) is 28.2. The Labute approximate surface area is 146 Å². The van der Waals surface area contributed by atoms with Crippen molar-refractivity contribution in [1.29, 1.82) is 0 Å². The molecule has 9 heteroatoms. The van der Waals surface area contributed by atoms with Crippen molar-refractivity contribution in [3.8, 4) is 0 Å². The van der Waals surface area contributed by atoms with Crippen LogP contribution in [-0.4, -0.2) is 75.4 Å². The predicted octanol–water partition coefficient (Wildman–Crippen LogP) is 0.0712. The number of carbonyl (C=O) groups is 2. The number of nitrogens with one attached hydrogen (secondary N) is 1. The lowest BCUT2D eigenvalue weighted by Crippen LogP contribution is -2.53. The topological polar surface area (TPSA) is 83.4 Å². The quantitative estimate of drug-likeness (QED) is 0.830. The molecule has 1 aromatic rings. The number of carbonyl (C=O) groups excluding carboxylic acids is 2. The largest absolute Gasteiger partial charge is 0.336 e. The van der Waals surface area contributed by atoms with Gasteiger partial charge < -0.3 is 15.1 Å². The summed E-state index contributed by atoms with van der Waals surface area (Å²) in [7, 11) is 0. The van der Waals surface area contributed by atoms with E-state index in [1.807, 2.05) is 4.90 Å². The maximum absolute atomic E-state index is 12.6. The highest BCUT2D eigenvalue weighted by atomic mass is 35.5. The molecule has 0 aromatic carbocycles. The van der Waals surface area contributed by atoms with Crippen molar-refractivity contribution >= 4 is 24.2 Å². The first-order chi connectivity index (χ1) is 11.2. The molecule has 0 atom stereocenters. The molecule has 0 unspecified atom stereocenters.